The molecule has 0 aliphatic heterocycles. The normalized spacial score (nSPS) is 11.6. The molecule has 0 spiro atoms. The monoisotopic (exact) mass is 396 g/mol. The molecule has 142 valence electrons. The Morgan fingerprint density at radius 1 is 1.19 bits per heavy atom. The largest absolute Gasteiger partial charge is 0.495 e. The number of sulfonamides is 1. The number of nitrogens with zero attached hydrogens (tertiary/aromatic N) is 2. The number of ether oxygens (including phenoxy) is 1. The summed E-state index contributed by atoms with van der Waals surface area (Å²) in [5.74, 6) is -0.0104. The third-order valence-electron chi connectivity index (χ3n) is 4.08. The summed E-state index contributed by atoms with van der Waals surface area (Å²) >= 11 is 1.57. The topological polar surface area (TPSA) is 66.9 Å². The van der Waals surface area contributed by atoms with Crippen molar-refractivity contribution in [3.63, 3.8) is 0 Å². The standard InChI is InChI=1S/C18H24N2O4S2/c1-5-20(6-2)26(22,23)17-11-15(7-8-16(17)24-4)18(21)19(3)12-14-9-10-25-13-14/h7-11,13H,5-6,12H2,1-4H3. The summed E-state index contributed by atoms with van der Waals surface area (Å²) in [6, 6.07) is 6.48. The maximum absolute atomic E-state index is 12.9. The van der Waals surface area contributed by atoms with Crippen LogP contribution >= 0.6 is 11.3 Å². The molecule has 6 nitrogen and oxygen atoms in total. The molecule has 26 heavy (non-hydrogen) atoms. The number of benzene rings is 1. The quantitative estimate of drug-likeness (QED) is 0.688. The molecule has 0 saturated carbocycles. The van der Waals surface area contributed by atoms with E-state index in [-0.39, 0.29) is 16.6 Å². The second kappa shape index (κ2) is 8.66. The zero-order valence-electron chi connectivity index (χ0n) is 15.4. The first-order valence-corrected chi connectivity index (χ1v) is 10.7. The minimum Gasteiger partial charge on any atom is -0.495 e. The number of carbonyl (C=O) groups is 1. The molecule has 1 aromatic heterocycles. The molecule has 0 aliphatic rings. The van der Waals surface area contributed by atoms with Crippen molar-refractivity contribution in [2.45, 2.75) is 25.3 Å². The molecule has 1 amide bonds. The first kappa shape index (κ1) is 20.4. The zero-order chi connectivity index (χ0) is 19.3. The summed E-state index contributed by atoms with van der Waals surface area (Å²) in [5.41, 5.74) is 1.35. The average molecular weight is 397 g/mol. The van der Waals surface area contributed by atoms with Crippen molar-refractivity contribution < 1.29 is 17.9 Å². The highest BCUT2D eigenvalue weighted by molar-refractivity contribution is 7.89. The molecule has 0 atom stereocenters. The van der Waals surface area contributed by atoms with Crippen molar-refractivity contribution in [3.05, 3.63) is 46.2 Å². The van der Waals surface area contributed by atoms with Gasteiger partial charge in [0.25, 0.3) is 5.91 Å². The molecule has 0 saturated heterocycles. The van der Waals surface area contributed by atoms with Gasteiger partial charge in [-0.1, -0.05) is 13.8 Å². The molecule has 8 heteroatoms. The summed E-state index contributed by atoms with van der Waals surface area (Å²) in [4.78, 5) is 14.3. The van der Waals surface area contributed by atoms with E-state index in [0.717, 1.165) is 5.56 Å². The van der Waals surface area contributed by atoms with E-state index in [1.165, 1.54) is 23.5 Å². The molecule has 0 bridgehead atoms. The van der Waals surface area contributed by atoms with Crippen LogP contribution in [0.15, 0.2) is 39.9 Å². The number of methoxy groups -OCH3 is 1. The SMILES string of the molecule is CCN(CC)S(=O)(=O)c1cc(C(=O)N(C)Cc2ccsc2)ccc1OC. The van der Waals surface area contributed by atoms with Gasteiger partial charge in [0.05, 0.1) is 7.11 Å². The molecule has 0 N–H and O–H groups in total. The van der Waals surface area contributed by atoms with E-state index in [4.69, 9.17) is 4.74 Å². The van der Waals surface area contributed by atoms with Gasteiger partial charge in [-0.2, -0.15) is 15.6 Å². The summed E-state index contributed by atoms with van der Waals surface area (Å²) in [6.07, 6.45) is 0. The minimum absolute atomic E-state index is 0.0125. The van der Waals surface area contributed by atoms with Gasteiger partial charge in [0.1, 0.15) is 10.6 Å². The third kappa shape index (κ3) is 4.25. The molecule has 2 rings (SSSR count). The highest BCUT2D eigenvalue weighted by Gasteiger charge is 2.27. The first-order valence-electron chi connectivity index (χ1n) is 8.29. The van der Waals surface area contributed by atoms with Gasteiger partial charge in [0, 0.05) is 32.2 Å². The Labute approximate surface area is 159 Å². The Hall–Kier alpha value is -1.90. The highest BCUT2D eigenvalue weighted by Crippen LogP contribution is 2.28. The Bertz CT molecular complexity index is 844. The van der Waals surface area contributed by atoms with Crippen molar-refractivity contribution in [2.75, 3.05) is 27.2 Å². The van der Waals surface area contributed by atoms with Gasteiger partial charge >= 0.3 is 0 Å². The number of thiophene rings is 1. The summed E-state index contributed by atoms with van der Waals surface area (Å²) in [7, 11) is -0.622. The van der Waals surface area contributed by atoms with Crippen LogP contribution in [0.1, 0.15) is 29.8 Å². The molecule has 1 aromatic carbocycles. The van der Waals surface area contributed by atoms with E-state index in [1.54, 1.807) is 43.2 Å². The molecular formula is C18H24N2O4S2. The Morgan fingerprint density at radius 3 is 2.42 bits per heavy atom. The van der Waals surface area contributed by atoms with Gasteiger partial charge in [-0.05, 0) is 40.6 Å². The lowest BCUT2D eigenvalue weighted by Gasteiger charge is -2.21. The number of hydrogen-bond acceptors (Lipinski definition) is 5. The van der Waals surface area contributed by atoms with E-state index in [9.17, 15) is 13.2 Å². The van der Waals surface area contributed by atoms with Crippen LogP contribution in [-0.4, -0.2) is 50.8 Å². The van der Waals surface area contributed by atoms with Gasteiger partial charge in [-0.15, -0.1) is 0 Å². The van der Waals surface area contributed by atoms with Crippen molar-refractivity contribution in [1.29, 1.82) is 0 Å². The lowest BCUT2D eigenvalue weighted by Crippen LogP contribution is -2.31. The number of rotatable bonds is 8. The second-order valence-electron chi connectivity index (χ2n) is 5.75. The molecule has 0 fully saturated rings. The van der Waals surface area contributed by atoms with E-state index in [0.29, 0.717) is 25.2 Å². The predicted molar refractivity (Wildman–Crippen MR) is 103 cm³/mol. The number of hydrogen-bond donors (Lipinski definition) is 0. The highest BCUT2D eigenvalue weighted by atomic mass is 32.2. The Morgan fingerprint density at radius 2 is 1.88 bits per heavy atom. The van der Waals surface area contributed by atoms with E-state index >= 15 is 0 Å². The minimum atomic E-state index is -3.74. The van der Waals surface area contributed by atoms with Crippen LogP contribution in [0, 0.1) is 0 Å². The van der Waals surface area contributed by atoms with E-state index in [1.807, 2.05) is 16.8 Å². The van der Waals surface area contributed by atoms with Crippen molar-refractivity contribution in [2.24, 2.45) is 0 Å². The van der Waals surface area contributed by atoms with Crippen molar-refractivity contribution >= 4 is 27.3 Å². The third-order valence-corrected chi connectivity index (χ3v) is 6.88. The van der Waals surface area contributed by atoms with Crippen LogP contribution < -0.4 is 4.74 Å². The van der Waals surface area contributed by atoms with Crippen LogP contribution in [0.3, 0.4) is 0 Å². The van der Waals surface area contributed by atoms with Crippen LogP contribution in [0.2, 0.25) is 0 Å². The molecular weight excluding hydrogens is 372 g/mol. The van der Waals surface area contributed by atoms with Crippen LogP contribution in [0.25, 0.3) is 0 Å². The second-order valence-corrected chi connectivity index (χ2v) is 8.43. The zero-order valence-corrected chi connectivity index (χ0v) is 17.1. The molecule has 1 heterocycles. The van der Waals surface area contributed by atoms with Crippen molar-refractivity contribution in [1.82, 2.24) is 9.21 Å². The molecule has 0 unspecified atom stereocenters. The smallest absolute Gasteiger partial charge is 0.253 e. The summed E-state index contributed by atoms with van der Waals surface area (Å²) in [6.45, 7) is 4.71. The average Bonchev–Trinajstić information content (AvgIpc) is 3.14. The molecule has 2 aromatic rings. The molecule has 0 aliphatic carbocycles. The summed E-state index contributed by atoms with van der Waals surface area (Å²) in [5, 5.41) is 3.93. The van der Waals surface area contributed by atoms with Gasteiger partial charge in [-0.3, -0.25) is 4.79 Å². The first-order chi connectivity index (χ1) is 12.3. The Balaban J connectivity index is 2.38. The molecule has 0 radical (unpaired) electrons. The number of carbonyl (C=O) groups excluding carboxylic acids is 1. The van der Waals surface area contributed by atoms with Crippen LogP contribution in [-0.2, 0) is 16.6 Å². The predicted octanol–water partition coefficient (Wildman–Crippen LogP) is 3.06. The fraction of sp³-hybridized carbons (Fsp3) is 0.389. The van der Waals surface area contributed by atoms with Gasteiger partial charge in [0.15, 0.2) is 0 Å². The van der Waals surface area contributed by atoms with Crippen LogP contribution in [0.4, 0.5) is 0 Å². The van der Waals surface area contributed by atoms with E-state index in [2.05, 4.69) is 0 Å². The van der Waals surface area contributed by atoms with Crippen molar-refractivity contribution in [3.8, 4) is 5.75 Å². The maximum atomic E-state index is 12.9. The fourth-order valence-corrected chi connectivity index (χ4v) is 4.96. The maximum Gasteiger partial charge on any atom is 0.253 e. The van der Waals surface area contributed by atoms with Crippen LogP contribution in [0.5, 0.6) is 5.75 Å². The lowest BCUT2D eigenvalue weighted by atomic mass is 10.2. The van der Waals surface area contributed by atoms with Gasteiger partial charge < -0.3 is 9.64 Å². The van der Waals surface area contributed by atoms with Gasteiger partial charge in [0.2, 0.25) is 10.0 Å². The Kier molecular flexibility index (Phi) is 6.80. The van der Waals surface area contributed by atoms with E-state index < -0.39 is 10.0 Å². The fourth-order valence-electron chi connectivity index (χ4n) is 2.66. The number of amides is 1. The summed E-state index contributed by atoms with van der Waals surface area (Å²) < 4.78 is 32.4. The lowest BCUT2D eigenvalue weighted by molar-refractivity contribution is 0.0785. The van der Waals surface area contributed by atoms with Gasteiger partial charge in [-0.25, -0.2) is 8.42 Å².